The summed E-state index contributed by atoms with van der Waals surface area (Å²) in [4.78, 5) is 13.2. The topological polar surface area (TPSA) is 47.2 Å². The first kappa shape index (κ1) is 19.8. The lowest BCUT2D eigenvalue weighted by molar-refractivity contribution is 0.475. The van der Waals surface area contributed by atoms with Gasteiger partial charge in [0.15, 0.2) is 0 Å². The van der Waals surface area contributed by atoms with E-state index in [0.29, 0.717) is 13.1 Å². The molecule has 0 fully saturated rings. The standard InChI is InChI=1S/C26H26N2O2/c29-25-16-14-21(15-17-25)12-7-13-24-20-27(18-22-8-3-1-4-9-22)26(30)28(24)19-23-10-5-2-6-11-23/h1-6,8-11,14-17,20,29H,7,12-13,18-19H2. The highest BCUT2D eigenvalue weighted by Gasteiger charge is 2.12. The molecule has 0 saturated carbocycles. The van der Waals surface area contributed by atoms with Crippen molar-refractivity contribution in [3.05, 3.63) is 124 Å². The number of hydrogen-bond donors (Lipinski definition) is 1. The van der Waals surface area contributed by atoms with Crippen molar-refractivity contribution in [1.29, 1.82) is 0 Å². The Morgan fingerprint density at radius 3 is 1.90 bits per heavy atom. The molecule has 1 heterocycles. The van der Waals surface area contributed by atoms with Gasteiger partial charge < -0.3 is 5.11 Å². The highest BCUT2D eigenvalue weighted by atomic mass is 16.3. The van der Waals surface area contributed by atoms with Crippen molar-refractivity contribution in [2.75, 3.05) is 0 Å². The molecule has 30 heavy (non-hydrogen) atoms. The quantitative estimate of drug-likeness (QED) is 0.470. The summed E-state index contributed by atoms with van der Waals surface area (Å²) in [6, 6.07) is 27.5. The average Bonchev–Trinajstić information content (AvgIpc) is 3.06. The molecule has 4 heteroatoms. The lowest BCUT2D eigenvalue weighted by Gasteiger charge is -2.08. The van der Waals surface area contributed by atoms with Crippen LogP contribution in [-0.2, 0) is 25.9 Å². The second-order valence-corrected chi connectivity index (χ2v) is 7.61. The van der Waals surface area contributed by atoms with Crippen LogP contribution in [0.1, 0.15) is 28.8 Å². The van der Waals surface area contributed by atoms with Crippen molar-refractivity contribution in [2.45, 2.75) is 32.4 Å². The van der Waals surface area contributed by atoms with E-state index >= 15 is 0 Å². The van der Waals surface area contributed by atoms with Gasteiger partial charge in [-0.15, -0.1) is 0 Å². The Morgan fingerprint density at radius 2 is 1.27 bits per heavy atom. The van der Waals surface area contributed by atoms with E-state index in [-0.39, 0.29) is 11.4 Å². The molecule has 3 aromatic carbocycles. The van der Waals surface area contributed by atoms with Crippen molar-refractivity contribution in [3.8, 4) is 5.75 Å². The third-order valence-corrected chi connectivity index (χ3v) is 5.34. The SMILES string of the molecule is O=c1n(Cc2ccccc2)cc(CCCc2ccc(O)cc2)n1Cc1ccccc1. The van der Waals surface area contributed by atoms with Crippen LogP contribution in [0.2, 0.25) is 0 Å². The molecule has 1 N–H and O–H groups in total. The number of aromatic hydroxyl groups is 1. The fourth-order valence-electron chi connectivity index (χ4n) is 3.75. The molecule has 0 spiro atoms. The van der Waals surface area contributed by atoms with Gasteiger partial charge in [-0.25, -0.2) is 4.79 Å². The minimum absolute atomic E-state index is 0.0299. The molecule has 0 aliphatic heterocycles. The van der Waals surface area contributed by atoms with Gasteiger partial charge in [0.2, 0.25) is 0 Å². The monoisotopic (exact) mass is 398 g/mol. The third-order valence-electron chi connectivity index (χ3n) is 5.34. The molecule has 0 aliphatic rings. The molecule has 1 aromatic heterocycles. The Labute approximate surface area is 176 Å². The number of phenols is 1. The first-order valence-electron chi connectivity index (χ1n) is 10.3. The zero-order valence-corrected chi connectivity index (χ0v) is 16.9. The summed E-state index contributed by atoms with van der Waals surface area (Å²) in [5.41, 5.74) is 4.51. The van der Waals surface area contributed by atoms with Gasteiger partial charge >= 0.3 is 5.69 Å². The highest BCUT2D eigenvalue weighted by molar-refractivity contribution is 5.26. The molecule has 4 aromatic rings. The largest absolute Gasteiger partial charge is 0.508 e. The minimum Gasteiger partial charge on any atom is -0.508 e. The number of hydrogen-bond acceptors (Lipinski definition) is 2. The van der Waals surface area contributed by atoms with Crippen LogP contribution in [0, 0.1) is 0 Å². The van der Waals surface area contributed by atoms with Gasteiger partial charge in [0.05, 0.1) is 13.1 Å². The van der Waals surface area contributed by atoms with Crippen LogP contribution in [0.4, 0.5) is 0 Å². The van der Waals surface area contributed by atoms with E-state index in [9.17, 15) is 9.90 Å². The second-order valence-electron chi connectivity index (χ2n) is 7.61. The van der Waals surface area contributed by atoms with Gasteiger partial charge in [-0.2, -0.15) is 0 Å². The van der Waals surface area contributed by atoms with Crippen LogP contribution in [0.5, 0.6) is 5.75 Å². The Bertz CT molecular complexity index is 1130. The van der Waals surface area contributed by atoms with Crippen molar-refractivity contribution >= 4 is 0 Å². The minimum atomic E-state index is 0.0299. The number of nitrogens with zero attached hydrogens (tertiary/aromatic N) is 2. The van der Waals surface area contributed by atoms with Crippen LogP contribution < -0.4 is 5.69 Å². The summed E-state index contributed by atoms with van der Waals surface area (Å²) in [5.74, 6) is 0.286. The number of aryl methyl sites for hydroxylation is 2. The van der Waals surface area contributed by atoms with Gasteiger partial charge in [-0.1, -0.05) is 72.8 Å². The molecule has 0 radical (unpaired) electrons. The van der Waals surface area contributed by atoms with Crippen LogP contribution in [-0.4, -0.2) is 14.2 Å². The normalized spacial score (nSPS) is 10.9. The Balaban J connectivity index is 1.55. The zero-order chi connectivity index (χ0) is 20.8. The molecule has 152 valence electrons. The predicted molar refractivity (Wildman–Crippen MR) is 120 cm³/mol. The van der Waals surface area contributed by atoms with Crippen molar-refractivity contribution < 1.29 is 5.11 Å². The molecule has 0 aliphatic carbocycles. The van der Waals surface area contributed by atoms with Gasteiger partial charge in [-0.05, 0) is 48.1 Å². The smallest absolute Gasteiger partial charge is 0.328 e. The predicted octanol–water partition coefficient (Wildman–Crippen LogP) is 4.63. The van der Waals surface area contributed by atoms with Crippen LogP contribution in [0.3, 0.4) is 0 Å². The molecule has 0 unspecified atom stereocenters. The van der Waals surface area contributed by atoms with E-state index in [1.165, 1.54) is 5.56 Å². The van der Waals surface area contributed by atoms with Crippen molar-refractivity contribution in [2.24, 2.45) is 0 Å². The lowest BCUT2D eigenvalue weighted by atomic mass is 10.1. The van der Waals surface area contributed by atoms with E-state index in [1.807, 2.05) is 76.0 Å². The van der Waals surface area contributed by atoms with E-state index in [4.69, 9.17) is 0 Å². The third kappa shape index (κ3) is 4.90. The second kappa shape index (κ2) is 9.31. The number of benzene rings is 3. The lowest BCUT2D eigenvalue weighted by Crippen LogP contribution is -2.26. The summed E-state index contributed by atoms with van der Waals surface area (Å²) in [6.45, 7) is 1.16. The Kier molecular flexibility index (Phi) is 6.14. The molecule has 0 amide bonds. The maximum atomic E-state index is 13.2. The Hall–Kier alpha value is -3.53. The molecular formula is C26H26N2O2. The fraction of sp³-hybridized carbons (Fsp3) is 0.192. The molecular weight excluding hydrogens is 372 g/mol. The first-order valence-corrected chi connectivity index (χ1v) is 10.3. The molecule has 0 bridgehead atoms. The molecule has 4 nitrogen and oxygen atoms in total. The summed E-state index contributed by atoms with van der Waals surface area (Å²) in [7, 11) is 0. The van der Waals surface area contributed by atoms with Crippen LogP contribution in [0.15, 0.2) is 95.9 Å². The summed E-state index contributed by atoms with van der Waals surface area (Å²) in [5, 5.41) is 9.45. The van der Waals surface area contributed by atoms with Gasteiger partial charge in [0, 0.05) is 11.9 Å². The zero-order valence-electron chi connectivity index (χ0n) is 16.9. The average molecular weight is 399 g/mol. The number of imidazole rings is 1. The van der Waals surface area contributed by atoms with Crippen molar-refractivity contribution in [3.63, 3.8) is 0 Å². The highest BCUT2D eigenvalue weighted by Crippen LogP contribution is 2.14. The van der Waals surface area contributed by atoms with E-state index in [1.54, 1.807) is 12.1 Å². The number of aromatic nitrogens is 2. The van der Waals surface area contributed by atoms with E-state index < -0.39 is 0 Å². The van der Waals surface area contributed by atoms with Crippen LogP contribution in [0.25, 0.3) is 0 Å². The summed E-state index contributed by atoms with van der Waals surface area (Å²) in [6.07, 6.45) is 4.68. The number of phenolic OH excluding ortho intramolecular Hbond substituents is 1. The van der Waals surface area contributed by atoms with Gasteiger partial charge in [-0.3, -0.25) is 9.13 Å². The van der Waals surface area contributed by atoms with Crippen LogP contribution >= 0.6 is 0 Å². The molecule has 0 saturated heterocycles. The van der Waals surface area contributed by atoms with Crippen molar-refractivity contribution in [1.82, 2.24) is 9.13 Å². The van der Waals surface area contributed by atoms with E-state index in [0.717, 1.165) is 36.1 Å². The number of rotatable bonds is 8. The van der Waals surface area contributed by atoms with Gasteiger partial charge in [0.25, 0.3) is 0 Å². The maximum Gasteiger partial charge on any atom is 0.328 e. The summed E-state index contributed by atoms with van der Waals surface area (Å²) < 4.78 is 3.71. The van der Waals surface area contributed by atoms with E-state index in [2.05, 4.69) is 12.1 Å². The first-order chi connectivity index (χ1) is 14.7. The molecule has 4 rings (SSSR count). The summed E-state index contributed by atoms with van der Waals surface area (Å²) >= 11 is 0. The Morgan fingerprint density at radius 1 is 0.667 bits per heavy atom. The maximum absolute atomic E-state index is 13.2. The van der Waals surface area contributed by atoms with Gasteiger partial charge in [0.1, 0.15) is 5.75 Å². The molecule has 0 atom stereocenters. The fourth-order valence-corrected chi connectivity index (χ4v) is 3.75.